The number of hydrogen-bond donors (Lipinski definition) is 0. The summed E-state index contributed by atoms with van der Waals surface area (Å²) in [5.74, 6) is 0. The van der Waals surface area contributed by atoms with Crippen molar-refractivity contribution in [3.63, 3.8) is 0 Å². The zero-order chi connectivity index (χ0) is 8.41. The van der Waals surface area contributed by atoms with Gasteiger partial charge in [0.15, 0.2) is 0 Å². The lowest BCUT2D eigenvalue weighted by Crippen LogP contribution is -1.55. The van der Waals surface area contributed by atoms with E-state index in [2.05, 4.69) is 19.7 Å². The molecule has 0 aliphatic rings. The standard InChI is InChI=1S/C7H10.C3H6/c1-4-5-6-7(2)3;1-3-2/h4-6H,1-2H2,3H3;3H,1H2,2H3/b6-5-;. The SMILES string of the molecule is C=C/C=C\C(=C)C.C=CC. The smallest absolute Gasteiger partial charge is 0.0404 e. The molecule has 0 amide bonds. The molecule has 0 atom stereocenters. The summed E-state index contributed by atoms with van der Waals surface area (Å²) in [4.78, 5) is 0. The van der Waals surface area contributed by atoms with Crippen molar-refractivity contribution in [2.75, 3.05) is 0 Å². The summed E-state index contributed by atoms with van der Waals surface area (Å²) in [6.07, 6.45) is 7.25. The van der Waals surface area contributed by atoms with Crippen molar-refractivity contribution in [2.24, 2.45) is 0 Å². The zero-order valence-corrected chi connectivity index (χ0v) is 6.93. The fourth-order valence-corrected chi connectivity index (χ4v) is 0.232. The average molecular weight is 136 g/mol. The Morgan fingerprint density at radius 3 is 1.80 bits per heavy atom. The number of hydrogen-bond acceptors (Lipinski definition) is 0. The summed E-state index contributed by atoms with van der Waals surface area (Å²) in [6, 6.07) is 0. The zero-order valence-electron chi connectivity index (χ0n) is 6.93. The Hall–Kier alpha value is -1.04. The molecule has 0 heterocycles. The Bertz CT molecular complexity index is 127. The van der Waals surface area contributed by atoms with Gasteiger partial charge in [-0.1, -0.05) is 43.0 Å². The molecule has 0 N–H and O–H groups in total. The number of rotatable bonds is 2. The van der Waals surface area contributed by atoms with Crippen molar-refractivity contribution in [2.45, 2.75) is 13.8 Å². The third-order valence-corrected chi connectivity index (χ3v) is 0.517. The van der Waals surface area contributed by atoms with Crippen molar-refractivity contribution in [1.29, 1.82) is 0 Å². The molecule has 0 heteroatoms. The molecular weight excluding hydrogens is 120 g/mol. The summed E-state index contributed by atoms with van der Waals surface area (Å²) in [6.45, 7) is 14.4. The molecule has 0 rings (SSSR count). The van der Waals surface area contributed by atoms with Crippen LogP contribution in [0.3, 0.4) is 0 Å². The highest BCUT2D eigenvalue weighted by Gasteiger charge is 1.65. The molecule has 56 valence electrons. The lowest BCUT2D eigenvalue weighted by Gasteiger charge is -1.77. The molecule has 0 aliphatic carbocycles. The average Bonchev–Trinajstić information content (AvgIpc) is 1.85. The van der Waals surface area contributed by atoms with E-state index in [0.717, 1.165) is 5.57 Å². The molecule has 0 aromatic heterocycles. The van der Waals surface area contributed by atoms with E-state index in [-0.39, 0.29) is 0 Å². The highest BCUT2D eigenvalue weighted by atomic mass is 13.7. The third kappa shape index (κ3) is 28.2. The van der Waals surface area contributed by atoms with Crippen LogP contribution >= 0.6 is 0 Å². The third-order valence-electron chi connectivity index (χ3n) is 0.517. The van der Waals surface area contributed by atoms with Gasteiger partial charge >= 0.3 is 0 Å². The van der Waals surface area contributed by atoms with Gasteiger partial charge in [-0.3, -0.25) is 0 Å². The lowest BCUT2D eigenvalue weighted by atomic mass is 10.3. The summed E-state index contributed by atoms with van der Waals surface area (Å²) in [5, 5.41) is 0. The van der Waals surface area contributed by atoms with E-state index in [9.17, 15) is 0 Å². The van der Waals surface area contributed by atoms with Gasteiger partial charge in [0.05, 0.1) is 0 Å². The molecule has 0 bridgehead atoms. The summed E-state index contributed by atoms with van der Waals surface area (Å²) >= 11 is 0. The van der Waals surface area contributed by atoms with Crippen LogP contribution in [0.15, 0.2) is 49.6 Å². The lowest BCUT2D eigenvalue weighted by molar-refractivity contribution is 1.56. The van der Waals surface area contributed by atoms with Gasteiger partial charge in [-0.15, -0.1) is 6.58 Å². The highest BCUT2D eigenvalue weighted by Crippen LogP contribution is 1.86. The van der Waals surface area contributed by atoms with E-state index in [1.165, 1.54) is 0 Å². The van der Waals surface area contributed by atoms with Crippen LogP contribution in [0.25, 0.3) is 0 Å². The Morgan fingerprint density at radius 1 is 1.30 bits per heavy atom. The van der Waals surface area contributed by atoms with Gasteiger partial charge in [0.1, 0.15) is 0 Å². The molecular formula is C10H16. The van der Waals surface area contributed by atoms with Gasteiger partial charge in [0.2, 0.25) is 0 Å². The van der Waals surface area contributed by atoms with Crippen LogP contribution in [0.5, 0.6) is 0 Å². The van der Waals surface area contributed by atoms with Crippen molar-refractivity contribution in [3.8, 4) is 0 Å². The van der Waals surface area contributed by atoms with Crippen LogP contribution in [0.2, 0.25) is 0 Å². The van der Waals surface area contributed by atoms with Crippen molar-refractivity contribution in [1.82, 2.24) is 0 Å². The fourth-order valence-electron chi connectivity index (χ4n) is 0.232. The quantitative estimate of drug-likeness (QED) is 0.402. The van der Waals surface area contributed by atoms with E-state index in [4.69, 9.17) is 0 Å². The maximum atomic E-state index is 3.66. The van der Waals surface area contributed by atoms with Gasteiger partial charge in [-0.2, -0.15) is 0 Å². The minimum Gasteiger partial charge on any atom is -0.103 e. The minimum atomic E-state index is 1.06. The van der Waals surface area contributed by atoms with Crippen molar-refractivity contribution < 1.29 is 0 Å². The highest BCUT2D eigenvalue weighted by molar-refractivity contribution is 5.15. The molecule has 0 saturated carbocycles. The predicted molar refractivity (Wildman–Crippen MR) is 50.0 cm³/mol. The van der Waals surface area contributed by atoms with E-state index in [1.54, 1.807) is 12.2 Å². The molecule has 0 unspecified atom stereocenters. The van der Waals surface area contributed by atoms with Gasteiger partial charge in [0, 0.05) is 0 Å². The molecule has 10 heavy (non-hydrogen) atoms. The minimum absolute atomic E-state index is 1.06. The summed E-state index contributed by atoms with van der Waals surface area (Å²) in [7, 11) is 0. The maximum Gasteiger partial charge on any atom is -0.0404 e. The molecule has 0 aromatic rings. The predicted octanol–water partition coefficient (Wildman–Crippen LogP) is 3.50. The van der Waals surface area contributed by atoms with E-state index in [1.807, 2.05) is 26.0 Å². The molecule has 0 fully saturated rings. The maximum absolute atomic E-state index is 3.66. The van der Waals surface area contributed by atoms with E-state index in [0.29, 0.717) is 0 Å². The van der Waals surface area contributed by atoms with Crippen LogP contribution in [0.1, 0.15) is 13.8 Å². The molecule has 0 radical (unpaired) electrons. The first-order chi connectivity index (χ1) is 4.68. The molecule has 0 saturated heterocycles. The molecule has 0 aromatic carbocycles. The van der Waals surface area contributed by atoms with Gasteiger partial charge < -0.3 is 0 Å². The van der Waals surface area contributed by atoms with Gasteiger partial charge in [-0.05, 0) is 13.8 Å². The molecule has 0 aliphatic heterocycles. The molecule has 0 nitrogen and oxygen atoms in total. The van der Waals surface area contributed by atoms with Crippen LogP contribution in [-0.2, 0) is 0 Å². The van der Waals surface area contributed by atoms with Crippen LogP contribution in [-0.4, -0.2) is 0 Å². The van der Waals surface area contributed by atoms with Crippen LogP contribution in [0, 0.1) is 0 Å². The first kappa shape index (κ1) is 11.7. The van der Waals surface area contributed by atoms with Crippen molar-refractivity contribution in [3.05, 3.63) is 49.6 Å². The first-order valence-electron chi connectivity index (χ1n) is 3.20. The largest absolute Gasteiger partial charge is 0.103 e. The second-order valence-corrected chi connectivity index (χ2v) is 1.85. The second-order valence-electron chi connectivity index (χ2n) is 1.85. The Balaban J connectivity index is 0. The van der Waals surface area contributed by atoms with Crippen LogP contribution < -0.4 is 0 Å². The second kappa shape index (κ2) is 10.9. The molecule has 0 spiro atoms. The number of allylic oxidation sites excluding steroid dienone is 5. The van der Waals surface area contributed by atoms with Gasteiger partial charge in [0.25, 0.3) is 0 Å². The Kier molecular flexibility index (Phi) is 12.7. The van der Waals surface area contributed by atoms with Crippen molar-refractivity contribution >= 4 is 0 Å². The Labute approximate surface area is 64.3 Å². The summed E-state index contributed by atoms with van der Waals surface area (Å²) in [5.41, 5.74) is 1.06. The monoisotopic (exact) mass is 136 g/mol. The van der Waals surface area contributed by atoms with E-state index >= 15 is 0 Å². The Morgan fingerprint density at radius 2 is 1.70 bits per heavy atom. The normalized spacial score (nSPS) is 7.80. The first-order valence-corrected chi connectivity index (χ1v) is 3.20. The summed E-state index contributed by atoms with van der Waals surface area (Å²) < 4.78 is 0. The van der Waals surface area contributed by atoms with Gasteiger partial charge in [-0.25, -0.2) is 0 Å². The van der Waals surface area contributed by atoms with Crippen LogP contribution in [0.4, 0.5) is 0 Å². The van der Waals surface area contributed by atoms with E-state index < -0.39 is 0 Å². The fraction of sp³-hybridized carbons (Fsp3) is 0.200. The topological polar surface area (TPSA) is 0 Å².